The maximum Gasteiger partial charge on any atom is 0.259 e. The second-order valence-corrected chi connectivity index (χ2v) is 10.8. The van der Waals surface area contributed by atoms with Crippen LogP contribution < -0.4 is 26.8 Å². The van der Waals surface area contributed by atoms with Crippen LogP contribution in [-0.4, -0.2) is 30.4 Å². The maximum absolute atomic E-state index is 14.0. The highest BCUT2D eigenvalue weighted by Crippen LogP contribution is 2.29. The SMILES string of the molecule is CCOc1ccc(C[C@@H](C(=O)N[C@@H](Cc2ccccc2)C(=O)NCc2ccc(CN)cc2)c2ccsc2C(N)=O)cc1. The van der Waals surface area contributed by atoms with Crippen molar-refractivity contribution in [2.45, 2.75) is 44.8 Å². The molecule has 0 aliphatic rings. The molecule has 3 aromatic carbocycles. The zero-order valence-electron chi connectivity index (χ0n) is 23.5. The van der Waals surface area contributed by atoms with Crippen LogP contribution in [0.1, 0.15) is 50.3 Å². The fourth-order valence-corrected chi connectivity index (χ4v) is 5.51. The average molecular weight is 585 g/mol. The zero-order valence-corrected chi connectivity index (χ0v) is 24.4. The van der Waals surface area contributed by atoms with Crippen LogP contribution in [-0.2, 0) is 35.5 Å². The zero-order chi connectivity index (χ0) is 29.9. The van der Waals surface area contributed by atoms with E-state index in [1.54, 1.807) is 11.4 Å². The monoisotopic (exact) mass is 584 g/mol. The van der Waals surface area contributed by atoms with Gasteiger partial charge in [-0.2, -0.15) is 0 Å². The van der Waals surface area contributed by atoms with Crippen molar-refractivity contribution in [2.24, 2.45) is 11.5 Å². The van der Waals surface area contributed by atoms with Crippen LogP contribution in [0.5, 0.6) is 5.75 Å². The van der Waals surface area contributed by atoms with Gasteiger partial charge in [0.25, 0.3) is 5.91 Å². The standard InChI is InChI=1S/C33H36N4O4S/c1-2-41-26-14-12-23(13-15-26)18-28(27-16-17-42-30(27)31(35)38)32(39)37-29(19-22-6-4-3-5-7-22)33(40)36-21-25-10-8-24(20-34)9-11-25/h3-17,28-29H,2,18-21,34H2,1H3,(H2,35,38)(H,36,40)(H,37,39)/t28-,29+/m1/s1. The number of carbonyl (C=O) groups is 3. The Hall–Kier alpha value is -4.47. The van der Waals surface area contributed by atoms with Crippen LogP contribution in [0, 0.1) is 0 Å². The molecule has 0 spiro atoms. The van der Waals surface area contributed by atoms with Gasteiger partial charge in [0.05, 0.1) is 17.4 Å². The summed E-state index contributed by atoms with van der Waals surface area (Å²) in [5.41, 5.74) is 15.6. The predicted octanol–water partition coefficient (Wildman–Crippen LogP) is 4.07. The quantitative estimate of drug-likeness (QED) is 0.177. The van der Waals surface area contributed by atoms with Crippen LogP contribution in [0.25, 0.3) is 0 Å². The van der Waals surface area contributed by atoms with Crippen molar-refractivity contribution in [1.82, 2.24) is 10.6 Å². The van der Waals surface area contributed by atoms with Gasteiger partial charge in [-0.25, -0.2) is 0 Å². The van der Waals surface area contributed by atoms with E-state index in [0.29, 0.717) is 43.0 Å². The van der Waals surface area contributed by atoms with Crippen molar-refractivity contribution >= 4 is 29.1 Å². The lowest BCUT2D eigenvalue weighted by molar-refractivity contribution is -0.129. The van der Waals surface area contributed by atoms with Gasteiger partial charge in [0.1, 0.15) is 11.8 Å². The minimum absolute atomic E-state index is 0.298. The molecule has 42 heavy (non-hydrogen) atoms. The number of primary amides is 1. The molecule has 4 aromatic rings. The van der Waals surface area contributed by atoms with E-state index in [4.69, 9.17) is 16.2 Å². The predicted molar refractivity (Wildman–Crippen MR) is 165 cm³/mol. The first-order chi connectivity index (χ1) is 20.4. The fourth-order valence-electron chi connectivity index (χ4n) is 4.70. The van der Waals surface area contributed by atoms with E-state index in [-0.39, 0.29) is 11.8 Å². The minimum atomic E-state index is -0.846. The molecule has 6 N–H and O–H groups in total. The van der Waals surface area contributed by atoms with Gasteiger partial charge in [-0.15, -0.1) is 11.3 Å². The second-order valence-electron chi connectivity index (χ2n) is 9.89. The maximum atomic E-state index is 14.0. The number of ether oxygens (including phenoxy) is 1. The average Bonchev–Trinajstić information content (AvgIpc) is 3.50. The summed E-state index contributed by atoms with van der Waals surface area (Å²) >= 11 is 1.20. The van der Waals surface area contributed by atoms with Gasteiger partial charge >= 0.3 is 0 Å². The van der Waals surface area contributed by atoms with Crippen molar-refractivity contribution < 1.29 is 19.1 Å². The summed E-state index contributed by atoms with van der Waals surface area (Å²) in [5.74, 6) is -1.29. The van der Waals surface area contributed by atoms with Gasteiger partial charge < -0.3 is 26.8 Å². The molecule has 0 aliphatic carbocycles. The summed E-state index contributed by atoms with van der Waals surface area (Å²) in [5, 5.41) is 7.70. The Balaban J connectivity index is 1.57. The van der Waals surface area contributed by atoms with Crippen molar-refractivity contribution in [3.63, 3.8) is 0 Å². The molecule has 0 unspecified atom stereocenters. The largest absolute Gasteiger partial charge is 0.494 e. The molecule has 0 bridgehead atoms. The third kappa shape index (κ3) is 8.28. The Kier molecular flexibility index (Phi) is 10.9. The molecule has 0 radical (unpaired) electrons. The molecule has 2 atom stereocenters. The van der Waals surface area contributed by atoms with E-state index < -0.39 is 17.9 Å². The Morgan fingerprint density at radius 3 is 2.10 bits per heavy atom. The van der Waals surface area contributed by atoms with Crippen molar-refractivity contribution in [2.75, 3.05) is 6.61 Å². The Morgan fingerprint density at radius 1 is 0.810 bits per heavy atom. The summed E-state index contributed by atoms with van der Waals surface area (Å²) in [4.78, 5) is 40.0. The van der Waals surface area contributed by atoms with E-state index in [9.17, 15) is 14.4 Å². The molecule has 0 saturated heterocycles. The van der Waals surface area contributed by atoms with Crippen LogP contribution >= 0.6 is 11.3 Å². The van der Waals surface area contributed by atoms with Crippen molar-refractivity contribution in [1.29, 1.82) is 0 Å². The molecule has 0 aliphatic heterocycles. The summed E-state index contributed by atoms with van der Waals surface area (Å²) in [6.07, 6.45) is 0.606. The summed E-state index contributed by atoms with van der Waals surface area (Å²) in [6, 6.07) is 25.6. The van der Waals surface area contributed by atoms with Crippen LogP contribution in [0.3, 0.4) is 0 Å². The number of benzene rings is 3. The summed E-state index contributed by atoms with van der Waals surface area (Å²) < 4.78 is 5.55. The van der Waals surface area contributed by atoms with E-state index in [2.05, 4.69) is 10.6 Å². The van der Waals surface area contributed by atoms with Gasteiger partial charge in [-0.3, -0.25) is 14.4 Å². The van der Waals surface area contributed by atoms with Gasteiger partial charge in [0.15, 0.2) is 0 Å². The Labute approximate surface area is 250 Å². The number of carbonyl (C=O) groups excluding carboxylic acids is 3. The first kappa shape index (κ1) is 30.5. The number of thiophene rings is 1. The topological polar surface area (TPSA) is 137 Å². The number of hydrogen-bond acceptors (Lipinski definition) is 6. The third-order valence-corrected chi connectivity index (χ3v) is 7.87. The lowest BCUT2D eigenvalue weighted by Crippen LogP contribution is -2.49. The highest BCUT2D eigenvalue weighted by Gasteiger charge is 2.30. The smallest absolute Gasteiger partial charge is 0.259 e. The van der Waals surface area contributed by atoms with Crippen LogP contribution in [0.4, 0.5) is 0 Å². The first-order valence-electron chi connectivity index (χ1n) is 13.9. The number of hydrogen-bond donors (Lipinski definition) is 4. The van der Waals surface area contributed by atoms with Gasteiger partial charge in [-0.1, -0.05) is 66.7 Å². The molecule has 1 aromatic heterocycles. The Bertz CT molecular complexity index is 1470. The van der Waals surface area contributed by atoms with Gasteiger partial charge in [0, 0.05) is 19.5 Å². The normalized spacial score (nSPS) is 12.2. The Morgan fingerprint density at radius 2 is 1.45 bits per heavy atom. The highest BCUT2D eigenvalue weighted by molar-refractivity contribution is 7.12. The van der Waals surface area contributed by atoms with Crippen molar-refractivity contribution in [3.05, 3.63) is 123 Å². The number of rotatable bonds is 14. The molecule has 0 fully saturated rings. The number of amides is 3. The van der Waals surface area contributed by atoms with Gasteiger partial charge in [-0.05, 0) is 64.7 Å². The molecule has 1 heterocycles. The molecular formula is C33H36N4O4S. The molecule has 218 valence electrons. The molecule has 4 rings (SSSR count). The van der Waals surface area contributed by atoms with Gasteiger partial charge in [0.2, 0.25) is 11.8 Å². The lowest BCUT2D eigenvalue weighted by Gasteiger charge is -2.23. The van der Waals surface area contributed by atoms with E-state index in [1.165, 1.54) is 11.3 Å². The van der Waals surface area contributed by atoms with Crippen LogP contribution in [0.2, 0.25) is 0 Å². The number of nitrogens with one attached hydrogen (secondary N) is 2. The third-order valence-electron chi connectivity index (χ3n) is 6.93. The van der Waals surface area contributed by atoms with Crippen molar-refractivity contribution in [3.8, 4) is 5.75 Å². The molecule has 0 saturated carbocycles. The van der Waals surface area contributed by atoms with E-state index in [0.717, 1.165) is 28.0 Å². The molecule has 8 nitrogen and oxygen atoms in total. The molecule has 9 heteroatoms. The summed E-state index contributed by atoms with van der Waals surface area (Å²) in [6.45, 7) is 3.20. The minimum Gasteiger partial charge on any atom is -0.494 e. The highest BCUT2D eigenvalue weighted by atomic mass is 32.1. The second kappa shape index (κ2) is 15.0. The van der Waals surface area contributed by atoms with E-state index >= 15 is 0 Å². The van der Waals surface area contributed by atoms with Crippen LogP contribution in [0.15, 0.2) is 90.3 Å². The molecular weight excluding hydrogens is 548 g/mol. The first-order valence-corrected chi connectivity index (χ1v) is 14.7. The number of nitrogens with two attached hydrogens (primary N) is 2. The summed E-state index contributed by atoms with van der Waals surface area (Å²) in [7, 11) is 0. The fraction of sp³-hybridized carbons (Fsp3) is 0.242. The lowest BCUT2D eigenvalue weighted by atomic mass is 9.90. The van der Waals surface area contributed by atoms with E-state index in [1.807, 2.05) is 85.8 Å². The molecule has 3 amide bonds.